The number of esters is 4. The molecule has 0 radical (unpaired) electrons. The van der Waals surface area contributed by atoms with Crippen LogP contribution in [0.3, 0.4) is 0 Å². The zero-order valence-corrected chi connectivity index (χ0v) is 22.2. The topological polar surface area (TPSA) is 105 Å². The zero-order chi connectivity index (χ0) is 26.1. The Morgan fingerprint density at radius 1 is 0.588 bits per heavy atom. The SMILES string of the molecule is CC.CC.COC(=O)C1CCCCC1C(=O)OCC(C)COC(=O)C1CCCCC1C(=O)OC. The fraction of sp³-hybridized carbons (Fsp3) is 0.846. The number of ether oxygens (including phenoxy) is 4. The highest BCUT2D eigenvalue weighted by molar-refractivity contribution is 5.83. The number of hydrogen-bond acceptors (Lipinski definition) is 8. The maximum Gasteiger partial charge on any atom is 0.309 e. The number of carbonyl (C=O) groups excluding carboxylic acids is 4. The number of methoxy groups -OCH3 is 2. The molecule has 0 aromatic heterocycles. The second-order valence-electron chi connectivity index (χ2n) is 8.41. The maximum absolute atomic E-state index is 12.5. The van der Waals surface area contributed by atoms with Crippen molar-refractivity contribution in [2.45, 2.75) is 86.0 Å². The molecule has 0 saturated heterocycles. The molecule has 2 aliphatic rings. The number of rotatable bonds is 8. The molecule has 4 atom stereocenters. The van der Waals surface area contributed by atoms with Crippen LogP contribution in [0.5, 0.6) is 0 Å². The molecule has 0 N–H and O–H groups in total. The molecule has 198 valence electrons. The van der Waals surface area contributed by atoms with E-state index < -0.39 is 35.6 Å². The summed E-state index contributed by atoms with van der Waals surface area (Å²) in [6, 6.07) is 0. The van der Waals surface area contributed by atoms with Gasteiger partial charge in [0.2, 0.25) is 0 Å². The quantitative estimate of drug-likeness (QED) is 0.358. The van der Waals surface area contributed by atoms with E-state index in [4.69, 9.17) is 18.9 Å². The van der Waals surface area contributed by atoms with E-state index >= 15 is 0 Å². The monoisotopic (exact) mass is 486 g/mol. The molecule has 0 amide bonds. The molecule has 2 fully saturated rings. The standard InChI is InChI=1S/C22H34O8.2C2H6/c1-14(12-29-21(25)17-10-6-4-8-15(17)19(23)27-2)13-30-22(26)18-11-7-5-9-16(18)20(24)28-3;2*1-2/h14-18H,4-13H2,1-3H3;2*1-2H3. The average molecular weight is 487 g/mol. The Morgan fingerprint density at radius 3 is 1.12 bits per heavy atom. The Balaban J connectivity index is 0.00000258. The molecular weight excluding hydrogens is 440 g/mol. The summed E-state index contributed by atoms with van der Waals surface area (Å²) in [6.07, 6.45) is 6.02. The van der Waals surface area contributed by atoms with Gasteiger partial charge in [-0.3, -0.25) is 19.2 Å². The van der Waals surface area contributed by atoms with E-state index in [0.717, 1.165) is 25.7 Å². The third-order valence-corrected chi connectivity index (χ3v) is 6.17. The molecule has 8 nitrogen and oxygen atoms in total. The van der Waals surface area contributed by atoms with Gasteiger partial charge in [0.15, 0.2) is 0 Å². The lowest BCUT2D eigenvalue weighted by Crippen LogP contribution is -2.36. The minimum atomic E-state index is -0.482. The highest BCUT2D eigenvalue weighted by atomic mass is 16.6. The van der Waals surface area contributed by atoms with Crippen LogP contribution in [0, 0.1) is 29.6 Å². The molecule has 4 unspecified atom stereocenters. The summed E-state index contributed by atoms with van der Waals surface area (Å²) in [5, 5.41) is 0. The smallest absolute Gasteiger partial charge is 0.309 e. The van der Waals surface area contributed by atoms with Crippen LogP contribution in [0.25, 0.3) is 0 Å². The van der Waals surface area contributed by atoms with Crippen LogP contribution in [0.15, 0.2) is 0 Å². The van der Waals surface area contributed by atoms with Crippen LogP contribution in [-0.4, -0.2) is 51.3 Å². The van der Waals surface area contributed by atoms with Gasteiger partial charge in [0.1, 0.15) is 0 Å². The first-order valence-corrected chi connectivity index (χ1v) is 12.9. The summed E-state index contributed by atoms with van der Waals surface area (Å²) >= 11 is 0. The van der Waals surface area contributed by atoms with Gasteiger partial charge in [-0.15, -0.1) is 0 Å². The van der Waals surface area contributed by atoms with E-state index in [1.54, 1.807) is 0 Å². The summed E-state index contributed by atoms with van der Waals surface area (Å²) in [5.74, 6) is -3.61. The minimum Gasteiger partial charge on any atom is -0.469 e. The predicted molar refractivity (Wildman–Crippen MR) is 129 cm³/mol. The van der Waals surface area contributed by atoms with Gasteiger partial charge in [0, 0.05) is 5.92 Å². The van der Waals surface area contributed by atoms with Gasteiger partial charge in [-0.05, 0) is 25.7 Å². The molecule has 0 aromatic carbocycles. The van der Waals surface area contributed by atoms with Gasteiger partial charge in [-0.25, -0.2) is 0 Å². The number of carbonyl (C=O) groups is 4. The molecule has 8 heteroatoms. The van der Waals surface area contributed by atoms with E-state index in [1.165, 1.54) is 14.2 Å². The maximum atomic E-state index is 12.5. The van der Waals surface area contributed by atoms with Crippen LogP contribution in [0.1, 0.15) is 86.0 Å². The molecule has 0 bridgehead atoms. The summed E-state index contributed by atoms with van der Waals surface area (Å²) < 4.78 is 20.5. The van der Waals surface area contributed by atoms with Crippen molar-refractivity contribution in [2.24, 2.45) is 29.6 Å². The summed E-state index contributed by atoms with van der Waals surface area (Å²) in [7, 11) is 2.65. The van der Waals surface area contributed by atoms with Crippen LogP contribution < -0.4 is 0 Å². The van der Waals surface area contributed by atoms with Gasteiger partial charge in [-0.1, -0.05) is 60.3 Å². The van der Waals surface area contributed by atoms with Crippen molar-refractivity contribution >= 4 is 23.9 Å². The zero-order valence-electron chi connectivity index (χ0n) is 22.2. The van der Waals surface area contributed by atoms with Gasteiger partial charge in [0.25, 0.3) is 0 Å². The van der Waals surface area contributed by atoms with E-state index in [1.807, 2.05) is 34.6 Å². The van der Waals surface area contributed by atoms with Gasteiger partial charge >= 0.3 is 23.9 Å². The fourth-order valence-corrected chi connectivity index (χ4v) is 4.40. The Kier molecular flexibility index (Phi) is 17.1. The van der Waals surface area contributed by atoms with Gasteiger partial charge in [-0.2, -0.15) is 0 Å². The minimum absolute atomic E-state index is 0.0988. The normalized spacial score (nSPS) is 24.6. The first-order valence-electron chi connectivity index (χ1n) is 12.9. The van der Waals surface area contributed by atoms with Crippen molar-refractivity contribution in [1.29, 1.82) is 0 Å². The third-order valence-electron chi connectivity index (χ3n) is 6.17. The largest absolute Gasteiger partial charge is 0.469 e. The lowest BCUT2D eigenvalue weighted by atomic mass is 9.79. The summed E-state index contributed by atoms with van der Waals surface area (Å²) in [6.45, 7) is 10.0. The Morgan fingerprint density at radius 2 is 0.853 bits per heavy atom. The molecule has 0 spiro atoms. The van der Waals surface area contributed by atoms with Crippen molar-refractivity contribution < 1.29 is 38.1 Å². The van der Waals surface area contributed by atoms with E-state index in [9.17, 15) is 19.2 Å². The van der Waals surface area contributed by atoms with Crippen molar-refractivity contribution in [1.82, 2.24) is 0 Å². The Labute approximate surface area is 205 Å². The van der Waals surface area contributed by atoms with Crippen LogP contribution in [-0.2, 0) is 38.1 Å². The van der Waals surface area contributed by atoms with Crippen molar-refractivity contribution in [3.05, 3.63) is 0 Å². The van der Waals surface area contributed by atoms with Crippen LogP contribution in [0.4, 0.5) is 0 Å². The second-order valence-corrected chi connectivity index (χ2v) is 8.41. The first-order chi connectivity index (χ1) is 16.4. The van der Waals surface area contributed by atoms with Crippen molar-refractivity contribution in [3.8, 4) is 0 Å². The van der Waals surface area contributed by atoms with Gasteiger partial charge < -0.3 is 18.9 Å². The molecule has 0 aromatic rings. The molecule has 0 aliphatic heterocycles. The van der Waals surface area contributed by atoms with E-state index in [-0.39, 0.29) is 31.1 Å². The van der Waals surface area contributed by atoms with Crippen LogP contribution >= 0.6 is 0 Å². The lowest BCUT2D eigenvalue weighted by molar-refractivity contribution is -0.165. The molecule has 2 saturated carbocycles. The number of hydrogen-bond donors (Lipinski definition) is 0. The van der Waals surface area contributed by atoms with E-state index in [0.29, 0.717) is 25.7 Å². The predicted octanol–water partition coefficient (Wildman–Crippen LogP) is 4.72. The highest BCUT2D eigenvalue weighted by Crippen LogP contribution is 2.33. The van der Waals surface area contributed by atoms with Gasteiger partial charge in [0.05, 0.1) is 51.1 Å². The molecule has 2 aliphatic carbocycles. The van der Waals surface area contributed by atoms with Crippen molar-refractivity contribution in [3.63, 3.8) is 0 Å². The Bertz CT molecular complexity index is 566. The van der Waals surface area contributed by atoms with Crippen LogP contribution in [0.2, 0.25) is 0 Å². The molecule has 2 rings (SSSR count). The highest BCUT2D eigenvalue weighted by Gasteiger charge is 2.39. The Hall–Kier alpha value is -2.12. The fourth-order valence-electron chi connectivity index (χ4n) is 4.40. The van der Waals surface area contributed by atoms with Crippen molar-refractivity contribution in [2.75, 3.05) is 27.4 Å². The molecule has 34 heavy (non-hydrogen) atoms. The molecular formula is C26H46O8. The van der Waals surface area contributed by atoms with E-state index in [2.05, 4.69) is 0 Å². The lowest BCUT2D eigenvalue weighted by Gasteiger charge is -2.29. The summed E-state index contributed by atoms with van der Waals surface area (Å²) in [4.78, 5) is 48.8. The summed E-state index contributed by atoms with van der Waals surface area (Å²) in [5.41, 5.74) is 0. The average Bonchev–Trinajstić information content (AvgIpc) is 2.91. The third kappa shape index (κ3) is 10.0. The molecule has 0 heterocycles. The first kappa shape index (κ1) is 31.9. The second kappa shape index (κ2) is 18.2.